The van der Waals surface area contributed by atoms with E-state index in [-0.39, 0.29) is 0 Å². The summed E-state index contributed by atoms with van der Waals surface area (Å²) >= 11 is 0. The van der Waals surface area contributed by atoms with Gasteiger partial charge in [0, 0.05) is 11.4 Å². The smallest absolute Gasteiger partial charge is 0.106 e. The Labute approximate surface area is 223 Å². The number of hydrogen-bond acceptors (Lipinski definition) is 3. The molecule has 1 nitrogen and oxygen atoms in total. The molecule has 1 aromatic rings. The van der Waals surface area contributed by atoms with E-state index in [1.54, 1.807) is 0 Å². The molecule has 3 fully saturated rings. The highest BCUT2D eigenvalue weighted by molar-refractivity contribution is 8.76. The molecule has 0 aromatic carbocycles. The van der Waals surface area contributed by atoms with E-state index in [0.29, 0.717) is 10.8 Å². The van der Waals surface area contributed by atoms with Crippen molar-refractivity contribution in [3.8, 4) is 0 Å². The summed E-state index contributed by atoms with van der Waals surface area (Å²) in [5.41, 5.74) is 2.90. The molecular weight excluding hydrogens is 462 g/mol. The fourth-order valence-electron chi connectivity index (χ4n) is 9.25. The van der Waals surface area contributed by atoms with Crippen LogP contribution < -0.4 is 0 Å². The van der Waals surface area contributed by atoms with Gasteiger partial charge in [0.1, 0.15) is 5.03 Å². The van der Waals surface area contributed by atoms with Gasteiger partial charge in [0.15, 0.2) is 0 Å². The monoisotopic (exact) mass is 511 g/mol. The zero-order valence-electron chi connectivity index (χ0n) is 23.0. The third-order valence-electron chi connectivity index (χ3n) is 11.2. The topological polar surface area (TPSA) is 12.9 Å². The van der Waals surface area contributed by atoms with Gasteiger partial charge in [0.05, 0.1) is 0 Å². The van der Waals surface area contributed by atoms with Crippen LogP contribution in [0.1, 0.15) is 105 Å². The summed E-state index contributed by atoms with van der Waals surface area (Å²) in [5.74, 6) is 5.59. The van der Waals surface area contributed by atoms with Crippen LogP contribution in [0.3, 0.4) is 0 Å². The Kier molecular flexibility index (Phi) is 8.05. The molecule has 5 rings (SSSR count). The first-order valence-corrected chi connectivity index (χ1v) is 17.0. The second kappa shape index (κ2) is 10.8. The predicted octanol–water partition coefficient (Wildman–Crippen LogP) is 10.2. The molecule has 4 aliphatic rings. The lowest BCUT2D eigenvalue weighted by molar-refractivity contribution is -0.0497. The van der Waals surface area contributed by atoms with E-state index in [4.69, 9.17) is 0 Å². The summed E-state index contributed by atoms with van der Waals surface area (Å²) in [7, 11) is 3.96. The van der Waals surface area contributed by atoms with Crippen molar-refractivity contribution >= 4 is 21.6 Å². The fraction of sp³-hybridized carbons (Fsp3) is 0.781. The molecule has 3 heteroatoms. The van der Waals surface area contributed by atoms with E-state index in [9.17, 15) is 0 Å². The van der Waals surface area contributed by atoms with Crippen LogP contribution in [-0.4, -0.2) is 10.2 Å². The molecule has 0 amide bonds. The minimum absolute atomic E-state index is 0.470. The van der Waals surface area contributed by atoms with Crippen LogP contribution in [0.15, 0.2) is 41.1 Å². The Morgan fingerprint density at radius 1 is 1.00 bits per heavy atom. The fourth-order valence-corrected chi connectivity index (χ4v) is 11.7. The third-order valence-corrected chi connectivity index (χ3v) is 14.0. The summed E-state index contributed by atoms with van der Waals surface area (Å²) in [4.78, 5) is 4.52. The molecule has 0 bridgehead atoms. The van der Waals surface area contributed by atoms with Crippen molar-refractivity contribution in [2.75, 3.05) is 0 Å². The lowest BCUT2D eigenvalue weighted by Crippen LogP contribution is -2.50. The van der Waals surface area contributed by atoms with Crippen molar-refractivity contribution in [1.29, 1.82) is 0 Å². The average molecular weight is 512 g/mol. The first kappa shape index (κ1) is 26.2. The van der Waals surface area contributed by atoms with E-state index in [1.807, 2.05) is 28.6 Å². The van der Waals surface area contributed by atoms with E-state index < -0.39 is 0 Å². The Morgan fingerprint density at radius 2 is 1.86 bits per heavy atom. The lowest BCUT2D eigenvalue weighted by atomic mass is 9.47. The van der Waals surface area contributed by atoms with Crippen LogP contribution >= 0.6 is 21.6 Å². The highest BCUT2D eigenvalue weighted by atomic mass is 33.1. The molecule has 0 N–H and O–H groups in total. The quantitative estimate of drug-likeness (QED) is 0.254. The highest BCUT2D eigenvalue weighted by Gasteiger charge is 2.59. The summed E-state index contributed by atoms with van der Waals surface area (Å²) in [6, 6.07) is 6.27. The summed E-state index contributed by atoms with van der Waals surface area (Å²) < 4.78 is 0. The van der Waals surface area contributed by atoms with Gasteiger partial charge >= 0.3 is 0 Å². The molecular formula is C32H49NS2. The first-order chi connectivity index (χ1) is 16.8. The Hall–Kier alpha value is -0.410. The van der Waals surface area contributed by atoms with Gasteiger partial charge in [0.25, 0.3) is 0 Å². The normalized spacial score (nSPS) is 39.5. The number of pyridine rings is 1. The molecule has 0 radical (unpaired) electrons. The molecule has 1 unspecified atom stereocenters. The van der Waals surface area contributed by atoms with Gasteiger partial charge in [0.2, 0.25) is 0 Å². The molecule has 8 atom stereocenters. The summed E-state index contributed by atoms with van der Waals surface area (Å²) in [6.07, 6.45) is 20.4. The predicted molar refractivity (Wildman–Crippen MR) is 155 cm³/mol. The van der Waals surface area contributed by atoms with Crippen molar-refractivity contribution in [3.05, 3.63) is 36.0 Å². The number of nitrogens with zero attached hydrogens (tertiary/aromatic N) is 1. The third kappa shape index (κ3) is 5.16. The largest absolute Gasteiger partial charge is 0.249 e. The van der Waals surface area contributed by atoms with Gasteiger partial charge in [-0.25, -0.2) is 4.98 Å². The van der Waals surface area contributed by atoms with Crippen LogP contribution in [0.4, 0.5) is 0 Å². The Bertz CT molecular complexity index is 881. The minimum atomic E-state index is 0.470. The molecule has 194 valence electrons. The van der Waals surface area contributed by atoms with Crippen molar-refractivity contribution in [3.63, 3.8) is 0 Å². The van der Waals surface area contributed by atoms with E-state index >= 15 is 0 Å². The maximum absolute atomic E-state index is 4.52. The van der Waals surface area contributed by atoms with Crippen molar-refractivity contribution in [2.24, 2.45) is 46.3 Å². The highest BCUT2D eigenvalue weighted by Crippen LogP contribution is 2.67. The number of hydrogen-bond donors (Lipinski definition) is 0. The Morgan fingerprint density at radius 3 is 2.63 bits per heavy atom. The molecule has 0 spiro atoms. The SMILES string of the molecule is CC(C)CCC[C@@H](C)[C@H]1CC[C@H]2[C@@H]3CC=C4CC(SSc5ccccn5)CC[C@]4(C)[C@H]3CC[C@]12C. The second-order valence-corrected chi connectivity index (χ2v) is 16.0. The minimum Gasteiger partial charge on any atom is -0.249 e. The van der Waals surface area contributed by atoms with E-state index in [1.165, 1.54) is 70.6 Å². The number of rotatable bonds is 8. The van der Waals surface area contributed by atoms with Crippen LogP contribution in [0.5, 0.6) is 0 Å². The zero-order valence-corrected chi connectivity index (χ0v) is 24.6. The maximum Gasteiger partial charge on any atom is 0.106 e. The lowest BCUT2D eigenvalue weighted by Gasteiger charge is -2.58. The van der Waals surface area contributed by atoms with Gasteiger partial charge < -0.3 is 0 Å². The Balaban J connectivity index is 1.24. The number of fused-ring (bicyclic) bond motifs is 5. The molecule has 1 heterocycles. The molecule has 1 aromatic heterocycles. The summed E-state index contributed by atoms with van der Waals surface area (Å²) in [5, 5.41) is 1.90. The zero-order chi connectivity index (χ0) is 24.6. The van der Waals surface area contributed by atoms with Crippen molar-refractivity contribution < 1.29 is 0 Å². The van der Waals surface area contributed by atoms with Crippen LogP contribution in [0.2, 0.25) is 0 Å². The summed E-state index contributed by atoms with van der Waals surface area (Å²) in [6.45, 7) is 12.8. The standard InChI is InChI=1S/C32H49NS2/c1-22(2)9-8-10-23(3)27-14-15-28-26-13-12-24-21-25(34-35-30-11-6-7-20-33-30)16-18-31(24,4)29(26)17-19-32(27,28)5/h6-7,11-12,20,22-23,25-29H,8-10,13-19,21H2,1-5H3/t23-,25?,26+,27-,28+,29+,31+,32-/m1/s1. The van der Waals surface area contributed by atoms with Crippen LogP contribution in [-0.2, 0) is 0 Å². The molecule has 4 aliphatic carbocycles. The van der Waals surface area contributed by atoms with E-state index in [0.717, 1.165) is 45.8 Å². The molecule has 35 heavy (non-hydrogen) atoms. The van der Waals surface area contributed by atoms with Crippen molar-refractivity contribution in [1.82, 2.24) is 4.98 Å². The van der Waals surface area contributed by atoms with Gasteiger partial charge in [-0.2, -0.15) is 0 Å². The second-order valence-electron chi connectivity index (χ2n) is 13.5. The molecule has 0 aliphatic heterocycles. The van der Waals surface area contributed by atoms with Crippen LogP contribution in [0.25, 0.3) is 0 Å². The average Bonchev–Trinajstić information content (AvgIpc) is 3.20. The maximum atomic E-state index is 4.52. The van der Waals surface area contributed by atoms with Gasteiger partial charge in [-0.3, -0.25) is 0 Å². The molecule has 3 saturated carbocycles. The first-order valence-electron chi connectivity index (χ1n) is 14.7. The number of allylic oxidation sites excluding steroid dienone is 2. The van der Waals surface area contributed by atoms with Gasteiger partial charge in [-0.15, -0.1) is 0 Å². The molecule has 0 saturated heterocycles. The van der Waals surface area contributed by atoms with Crippen LogP contribution in [0, 0.1) is 46.3 Å². The number of aromatic nitrogens is 1. The van der Waals surface area contributed by atoms with Crippen molar-refractivity contribution in [2.45, 2.75) is 116 Å². The van der Waals surface area contributed by atoms with Gasteiger partial charge in [-0.05, 0) is 121 Å². The van der Waals surface area contributed by atoms with Gasteiger partial charge in [-0.1, -0.05) is 82.4 Å². The van der Waals surface area contributed by atoms with E-state index in [2.05, 4.69) is 68.6 Å².